The van der Waals surface area contributed by atoms with Crippen LogP contribution in [0.25, 0.3) is 21.3 Å². The summed E-state index contributed by atoms with van der Waals surface area (Å²) in [5.74, 6) is 0.687. The van der Waals surface area contributed by atoms with E-state index < -0.39 is 0 Å². The van der Waals surface area contributed by atoms with Gasteiger partial charge >= 0.3 is 0 Å². The van der Waals surface area contributed by atoms with Gasteiger partial charge in [-0.25, -0.2) is 4.98 Å². The van der Waals surface area contributed by atoms with E-state index in [-0.39, 0.29) is 11.4 Å². The fourth-order valence-corrected chi connectivity index (χ4v) is 3.68. The minimum absolute atomic E-state index is 0.150. The van der Waals surface area contributed by atoms with Gasteiger partial charge in [0, 0.05) is 15.5 Å². The average Bonchev–Trinajstić information content (AvgIpc) is 2.78. The third-order valence-electron chi connectivity index (χ3n) is 3.36. The largest absolute Gasteiger partial charge is 0.309 e. The van der Waals surface area contributed by atoms with Crippen molar-refractivity contribution in [2.75, 3.05) is 0 Å². The highest BCUT2D eigenvalue weighted by molar-refractivity contribution is 7.19. The van der Waals surface area contributed by atoms with Gasteiger partial charge in [0.05, 0.1) is 11.3 Å². The molecule has 3 rings (SSSR count). The highest BCUT2D eigenvalue weighted by Crippen LogP contribution is 2.36. The van der Waals surface area contributed by atoms with Gasteiger partial charge in [-0.05, 0) is 37.1 Å². The molecule has 2 aromatic heterocycles. The first-order valence-electron chi connectivity index (χ1n) is 6.36. The normalized spacial score (nSPS) is 11.2. The molecule has 3 aromatic rings. The average molecular weight is 339 g/mol. The van der Waals surface area contributed by atoms with Crippen molar-refractivity contribution < 1.29 is 0 Å². The van der Waals surface area contributed by atoms with E-state index in [0.717, 1.165) is 26.4 Å². The van der Waals surface area contributed by atoms with Crippen molar-refractivity contribution in [2.45, 2.75) is 19.7 Å². The van der Waals surface area contributed by atoms with E-state index in [1.807, 2.05) is 32.0 Å². The molecule has 6 heteroatoms. The summed E-state index contributed by atoms with van der Waals surface area (Å²) in [6, 6.07) is 5.77. The molecule has 0 radical (unpaired) electrons. The van der Waals surface area contributed by atoms with Crippen LogP contribution in [0.4, 0.5) is 0 Å². The van der Waals surface area contributed by atoms with Gasteiger partial charge in [-0.2, -0.15) is 0 Å². The van der Waals surface area contributed by atoms with E-state index in [4.69, 9.17) is 23.2 Å². The first kappa shape index (κ1) is 14.6. The van der Waals surface area contributed by atoms with Crippen LogP contribution in [-0.4, -0.2) is 9.97 Å². The number of aromatic amines is 1. The molecule has 1 aromatic carbocycles. The number of hydrogen-bond donors (Lipinski definition) is 1. The predicted octanol–water partition coefficient (Wildman–Crippen LogP) is 4.66. The van der Waals surface area contributed by atoms with Gasteiger partial charge in [0.25, 0.3) is 5.56 Å². The van der Waals surface area contributed by atoms with E-state index in [1.165, 1.54) is 11.3 Å². The molecule has 0 fully saturated rings. The van der Waals surface area contributed by atoms with Gasteiger partial charge in [0.2, 0.25) is 0 Å². The summed E-state index contributed by atoms with van der Waals surface area (Å²) in [6.45, 7) is 3.94. The second-order valence-corrected chi connectivity index (χ2v) is 6.70. The smallest absolute Gasteiger partial charge is 0.260 e. The van der Waals surface area contributed by atoms with Crippen LogP contribution in [0.1, 0.15) is 16.3 Å². The van der Waals surface area contributed by atoms with Crippen LogP contribution in [0.3, 0.4) is 0 Å². The summed E-state index contributed by atoms with van der Waals surface area (Å²) < 4.78 is 0. The zero-order chi connectivity index (χ0) is 15.1. The molecule has 108 valence electrons. The first-order chi connectivity index (χ1) is 10.0. The Hall–Kier alpha value is -1.36. The molecule has 0 unspecified atom stereocenters. The van der Waals surface area contributed by atoms with Gasteiger partial charge < -0.3 is 4.98 Å². The summed E-state index contributed by atoms with van der Waals surface area (Å²) in [4.78, 5) is 21.3. The van der Waals surface area contributed by atoms with Crippen LogP contribution in [0.2, 0.25) is 5.02 Å². The Morgan fingerprint density at radius 3 is 2.76 bits per heavy atom. The second-order valence-electron chi connectivity index (χ2n) is 4.82. The van der Waals surface area contributed by atoms with Crippen molar-refractivity contribution >= 4 is 44.8 Å². The molecule has 0 atom stereocenters. The van der Waals surface area contributed by atoms with Crippen molar-refractivity contribution in [1.29, 1.82) is 0 Å². The van der Waals surface area contributed by atoms with E-state index >= 15 is 0 Å². The zero-order valence-corrected chi connectivity index (χ0v) is 13.8. The van der Waals surface area contributed by atoms with E-state index in [9.17, 15) is 4.79 Å². The fourth-order valence-electron chi connectivity index (χ4n) is 2.37. The number of halogens is 2. The number of aromatic nitrogens is 2. The molecule has 0 aliphatic carbocycles. The summed E-state index contributed by atoms with van der Waals surface area (Å²) in [6.07, 6.45) is 0. The molecule has 0 spiro atoms. The number of alkyl halides is 1. The second kappa shape index (κ2) is 5.44. The summed E-state index contributed by atoms with van der Waals surface area (Å²) in [7, 11) is 0. The van der Waals surface area contributed by atoms with Crippen LogP contribution in [0.15, 0.2) is 23.0 Å². The molecule has 0 aliphatic rings. The Labute approximate surface area is 135 Å². The van der Waals surface area contributed by atoms with Gasteiger partial charge in [-0.3, -0.25) is 4.79 Å². The summed E-state index contributed by atoms with van der Waals surface area (Å²) in [5, 5.41) is 1.33. The Bertz CT molecular complexity index is 899. The molecule has 21 heavy (non-hydrogen) atoms. The van der Waals surface area contributed by atoms with Crippen molar-refractivity contribution in [2.24, 2.45) is 0 Å². The zero-order valence-electron chi connectivity index (χ0n) is 11.5. The SMILES string of the molecule is Cc1cc(-c2c(C)sc3nc(CCl)[nH]c(=O)c23)ccc1Cl. The molecular weight excluding hydrogens is 327 g/mol. The predicted molar refractivity (Wildman–Crippen MR) is 89.7 cm³/mol. The molecular formula is C15H12Cl2N2OS. The van der Waals surface area contributed by atoms with Gasteiger partial charge in [0.1, 0.15) is 10.7 Å². The number of nitrogens with one attached hydrogen (secondary N) is 1. The fraction of sp³-hybridized carbons (Fsp3) is 0.200. The lowest BCUT2D eigenvalue weighted by atomic mass is 10.0. The maximum absolute atomic E-state index is 12.3. The van der Waals surface area contributed by atoms with Crippen LogP contribution in [-0.2, 0) is 5.88 Å². The third kappa shape index (κ3) is 2.48. The molecule has 0 amide bonds. The highest BCUT2D eigenvalue weighted by atomic mass is 35.5. The topological polar surface area (TPSA) is 45.8 Å². The van der Waals surface area contributed by atoms with E-state index in [0.29, 0.717) is 16.2 Å². The van der Waals surface area contributed by atoms with Crippen LogP contribution < -0.4 is 5.56 Å². The maximum atomic E-state index is 12.3. The minimum Gasteiger partial charge on any atom is -0.309 e. The van der Waals surface area contributed by atoms with Crippen molar-refractivity contribution in [3.63, 3.8) is 0 Å². The molecule has 2 heterocycles. The summed E-state index contributed by atoms with van der Waals surface area (Å²) in [5.41, 5.74) is 2.73. The van der Waals surface area contributed by atoms with Crippen LogP contribution in [0, 0.1) is 13.8 Å². The number of thiophene rings is 1. The van der Waals surface area contributed by atoms with Crippen LogP contribution in [0.5, 0.6) is 0 Å². The van der Waals surface area contributed by atoms with E-state index in [2.05, 4.69) is 9.97 Å². The number of fused-ring (bicyclic) bond motifs is 1. The van der Waals surface area contributed by atoms with Crippen molar-refractivity contribution in [3.8, 4) is 11.1 Å². The quantitative estimate of drug-likeness (QED) is 0.690. The maximum Gasteiger partial charge on any atom is 0.260 e. The number of nitrogens with zero attached hydrogens (tertiary/aromatic N) is 1. The Morgan fingerprint density at radius 2 is 2.10 bits per heavy atom. The standard InChI is InChI=1S/C15H12Cl2N2OS/c1-7-5-9(3-4-10(7)17)12-8(2)21-15-13(12)14(20)18-11(6-16)19-15/h3-5H,6H2,1-2H3,(H,18,19,20). The van der Waals surface area contributed by atoms with Gasteiger partial charge in [0.15, 0.2) is 0 Å². The summed E-state index contributed by atoms with van der Waals surface area (Å²) >= 11 is 13.3. The number of benzene rings is 1. The lowest BCUT2D eigenvalue weighted by Gasteiger charge is -2.05. The molecule has 0 saturated carbocycles. The van der Waals surface area contributed by atoms with Crippen molar-refractivity contribution in [1.82, 2.24) is 9.97 Å². The number of rotatable bonds is 2. The Balaban J connectivity index is 2.34. The molecule has 0 bridgehead atoms. The van der Waals surface area contributed by atoms with Crippen LogP contribution >= 0.6 is 34.5 Å². The van der Waals surface area contributed by atoms with Gasteiger partial charge in [-0.15, -0.1) is 22.9 Å². The molecule has 3 nitrogen and oxygen atoms in total. The Morgan fingerprint density at radius 1 is 1.33 bits per heavy atom. The Kier molecular flexibility index (Phi) is 3.78. The monoisotopic (exact) mass is 338 g/mol. The van der Waals surface area contributed by atoms with E-state index in [1.54, 1.807) is 0 Å². The number of aryl methyl sites for hydroxylation is 2. The lowest BCUT2D eigenvalue weighted by Crippen LogP contribution is -2.10. The first-order valence-corrected chi connectivity index (χ1v) is 8.09. The molecule has 0 saturated heterocycles. The molecule has 0 aliphatic heterocycles. The third-order valence-corrected chi connectivity index (χ3v) is 5.04. The minimum atomic E-state index is -0.150. The van der Waals surface area contributed by atoms with Gasteiger partial charge in [-0.1, -0.05) is 17.7 Å². The highest BCUT2D eigenvalue weighted by Gasteiger charge is 2.16. The number of H-pyrrole nitrogens is 1. The molecule has 1 N–H and O–H groups in total. The lowest BCUT2D eigenvalue weighted by molar-refractivity contribution is 1.04. The van der Waals surface area contributed by atoms with Crippen molar-refractivity contribution in [3.05, 3.63) is 49.8 Å². The number of hydrogen-bond acceptors (Lipinski definition) is 3.